The normalized spacial score (nSPS) is 14.5. The van der Waals surface area contributed by atoms with Gasteiger partial charge in [0, 0.05) is 25.0 Å². The maximum absolute atomic E-state index is 12.8. The number of aromatic nitrogens is 1. The van der Waals surface area contributed by atoms with E-state index in [1.54, 1.807) is 43.6 Å². The summed E-state index contributed by atoms with van der Waals surface area (Å²) in [6.07, 6.45) is 4.99. The van der Waals surface area contributed by atoms with Crippen LogP contribution >= 0.6 is 0 Å². The average molecular weight is 321 g/mol. The Morgan fingerprint density at radius 1 is 1.29 bits per heavy atom. The van der Waals surface area contributed by atoms with Crippen molar-refractivity contribution in [3.8, 4) is 11.8 Å². The second-order valence-electron chi connectivity index (χ2n) is 5.95. The fraction of sp³-hybridized carbons (Fsp3) is 0.316. The zero-order chi connectivity index (χ0) is 16.9. The van der Waals surface area contributed by atoms with E-state index in [0.717, 1.165) is 18.4 Å². The average Bonchev–Trinajstić information content (AvgIpc) is 3.45. The maximum atomic E-state index is 12.8. The Balaban J connectivity index is 1.66. The summed E-state index contributed by atoms with van der Waals surface area (Å²) in [4.78, 5) is 18.7. The van der Waals surface area contributed by atoms with Gasteiger partial charge in [-0.15, -0.1) is 0 Å². The predicted octanol–water partition coefficient (Wildman–Crippen LogP) is 2.91. The van der Waals surface area contributed by atoms with Crippen LogP contribution in [0.5, 0.6) is 5.75 Å². The van der Waals surface area contributed by atoms with Crippen molar-refractivity contribution in [2.75, 3.05) is 0 Å². The smallest absolute Gasteiger partial charge is 0.263 e. The summed E-state index contributed by atoms with van der Waals surface area (Å²) in [6, 6.07) is 13.0. The molecule has 1 aliphatic rings. The van der Waals surface area contributed by atoms with E-state index in [-0.39, 0.29) is 5.91 Å². The molecule has 0 saturated heterocycles. The van der Waals surface area contributed by atoms with E-state index < -0.39 is 6.10 Å². The minimum atomic E-state index is -0.569. The number of ether oxygens (including phenoxy) is 1. The van der Waals surface area contributed by atoms with E-state index in [0.29, 0.717) is 23.9 Å². The number of carbonyl (C=O) groups is 1. The Morgan fingerprint density at radius 2 is 1.96 bits per heavy atom. The van der Waals surface area contributed by atoms with Gasteiger partial charge in [0.15, 0.2) is 6.10 Å². The summed E-state index contributed by atoms with van der Waals surface area (Å²) in [5.41, 5.74) is 1.63. The zero-order valence-electron chi connectivity index (χ0n) is 13.6. The molecule has 1 atom stereocenters. The van der Waals surface area contributed by atoms with Crippen LogP contribution in [-0.2, 0) is 11.3 Å². The maximum Gasteiger partial charge on any atom is 0.263 e. The highest BCUT2D eigenvalue weighted by atomic mass is 16.5. The van der Waals surface area contributed by atoms with Crippen LogP contribution < -0.4 is 4.74 Å². The molecule has 5 nitrogen and oxygen atoms in total. The first-order chi connectivity index (χ1) is 11.7. The quantitative estimate of drug-likeness (QED) is 0.820. The second kappa shape index (κ2) is 7.14. The predicted molar refractivity (Wildman–Crippen MR) is 89.1 cm³/mol. The molecule has 0 aliphatic heterocycles. The molecule has 1 aromatic heterocycles. The molecule has 1 aromatic carbocycles. The third-order valence-electron chi connectivity index (χ3n) is 4.02. The van der Waals surface area contributed by atoms with Gasteiger partial charge in [-0.1, -0.05) is 0 Å². The molecule has 1 saturated carbocycles. The Labute approximate surface area is 141 Å². The lowest BCUT2D eigenvalue weighted by Gasteiger charge is -2.26. The molecule has 1 unspecified atom stereocenters. The summed E-state index contributed by atoms with van der Waals surface area (Å²) < 4.78 is 5.76. The Morgan fingerprint density at radius 3 is 2.54 bits per heavy atom. The zero-order valence-corrected chi connectivity index (χ0v) is 13.6. The van der Waals surface area contributed by atoms with Crippen LogP contribution in [0.2, 0.25) is 0 Å². The molecule has 122 valence electrons. The Bertz CT molecular complexity index is 733. The van der Waals surface area contributed by atoms with Gasteiger partial charge in [0.05, 0.1) is 11.6 Å². The molecule has 0 radical (unpaired) electrons. The van der Waals surface area contributed by atoms with Crippen LogP contribution in [0.25, 0.3) is 0 Å². The number of rotatable bonds is 6. The molecule has 24 heavy (non-hydrogen) atoms. The Hall–Kier alpha value is -2.87. The van der Waals surface area contributed by atoms with Gasteiger partial charge in [-0.3, -0.25) is 9.78 Å². The van der Waals surface area contributed by atoms with Crippen LogP contribution in [0.4, 0.5) is 0 Å². The molecular weight excluding hydrogens is 302 g/mol. The number of carbonyl (C=O) groups excluding carboxylic acids is 1. The van der Waals surface area contributed by atoms with Crippen molar-refractivity contribution in [3.63, 3.8) is 0 Å². The molecule has 5 heteroatoms. The number of nitrogens with zero attached hydrogens (tertiary/aromatic N) is 3. The molecule has 1 aliphatic carbocycles. The van der Waals surface area contributed by atoms with Crippen LogP contribution in [-0.4, -0.2) is 27.9 Å². The lowest BCUT2D eigenvalue weighted by atomic mass is 10.2. The van der Waals surface area contributed by atoms with Crippen molar-refractivity contribution >= 4 is 5.91 Å². The van der Waals surface area contributed by atoms with Crippen LogP contribution in [0.3, 0.4) is 0 Å². The number of nitriles is 1. The number of amides is 1. The van der Waals surface area contributed by atoms with Crippen molar-refractivity contribution in [2.45, 2.75) is 38.5 Å². The minimum absolute atomic E-state index is 0.0151. The molecule has 0 spiro atoms. The first-order valence-corrected chi connectivity index (χ1v) is 8.03. The fourth-order valence-electron chi connectivity index (χ4n) is 2.55. The monoisotopic (exact) mass is 321 g/mol. The standard InChI is InChI=1S/C19H19N3O2/c1-14(24-18-6-2-15(12-20)3-7-18)19(23)22(17-4-5-17)13-16-8-10-21-11-9-16/h2-3,6-11,14,17H,4-5,13H2,1H3. The van der Waals surface area contributed by atoms with E-state index in [1.165, 1.54) is 0 Å². The van der Waals surface area contributed by atoms with Gasteiger partial charge < -0.3 is 9.64 Å². The summed E-state index contributed by atoms with van der Waals surface area (Å²) in [7, 11) is 0. The first kappa shape index (κ1) is 16.0. The van der Waals surface area contributed by atoms with Crippen molar-refractivity contribution in [3.05, 3.63) is 59.9 Å². The van der Waals surface area contributed by atoms with Crippen molar-refractivity contribution in [1.29, 1.82) is 5.26 Å². The molecule has 1 fully saturated rings. The minimum Gasteiger partial charge on any atom is -0.481 e. The van der Waals surface area contributed by atoms with Crippen molar-refractivity contribution in [2.24, 2.45) is 0 Å². The number of pyridine rings is 1. The van der Waals surface area contributed by atoms with E-state index >= 15 is 0 Å². The molecule has 1 amide bonds. The summed E-state index contributed by atoms with van der Waals surface area (Å²) in [6.45, 7) is 2.34. The molecule has 3 rings (SSSR count). The molecule has 1 heterocycles. The van der Waals surface area contributed by atoms with Gasteiger partial charge in [0.2, 0.25) is 0 Å². The number of hydrogen-bond donors (Lipinski definition) is 0. The van der Waals surface area contributed by atoms with E-state index in [4.69, 9.17) is 10.00 Å². The highest BCUT2D eigenvalue weighted by Gasteiger charge is 2.35. The Kier molecular flexibility index (Phi) is 4.76. The molecule has 0 bridgehead atoms. The summed E-state index contributed by atoms with van der Waals surface area (Å²) in [5, 5.41) is 8.82. The van der Waals surface area contributed by atoms with E-state index in [9.17, 15) is 4.79 Å². The highest BCUT2D eigenvalue weighted by molar-refractivity contribution is 5.81. The lowest BCUT2D eigenvalue weighted by molar-refractivity contribution is -0.139. The summed E-state index contributed by atoms with van der Waals surface area (Å²) in [5.74, 6) is 0.577. The van der Waals surface area contributed by atoms with Crippen LogP contribution in [0.15, 0.2) is 48.8 Å². The largest absolute Gasteiger partial charge is 0.481 e. The van der Waals surface area contributed by atoms with Gasteiger partial charge in [-0.2, -0.15) is 5.26 Å². The number of benzene rings is 1. The topological polar surface area (TPSA) is 66.2 Å². The van der Waals surface area contributed by atoms with Gasteiger partial charge in [0.25, 0.3) is 5.91 Å². The van der Waals surface area contributed by atoms with Crippen molar-refractivity contribution < 1.29 is 9.53 Å². The number of hydrogen-bond acceptors (Lipinski definition) is 4. The van der Waals surface area contributed by atoms with Gasteiger partial charge >= 0.3 is 0 Å². The van der Waals surface area contributed by atoms with Crippen molar-refractivity contribution in [1.82, 2.24) is 9.88 Å². The molecule has 0 N–H and O–H groups in total. The van der Waals surface area contributed by atoms with E-state index in [2.05, 4.69) is 11.1 Å². The SMILES string of the molecule is CC(Oc1ccc(C#N)cc1)C(=O)N(Cc1ccncc1)C1CC1. The highest BCUT2D eigenvalue weighted by Crippen LogP contribution is 2.29. The lowest BCUT2D eigenvalue weighted by Crippen LogP contribution is -2.41. The second-order valence-corrected chi connectivity index (χ2v) is 5.95. The fourth-order valence-corrected chi connectivity index (χ4v) is 2.55. The van der Waals surface area contributed by atoms with Crippen LogP contribution in [0, 0.1) is 11.3 Å². The van der Waals surface area contributed by atoms with Gasteiger partial charge in [-0.25, -0.2) is 0 Å². The van der Waals surface area contributed by atoms with Gasteiger partial charge in [0.1, 0.15) is 5.75 Å². The summed E-state index contributed by atoms with van der Waals surface area (Å²) >= 11 is 0. The first-order valence-electron chi connectivity index (χ1n) is 8.03. The van der Waals surface area contributed by atoms with Crippen LogP contribution in [0.1, 0.15) is 30.9 Å². The molecular formula is C19H19N3O2. The molecule has 2 aromatic rings. The third-order valence-corrected chi connectivity index (χ3v) is 4.02. The third kappa shape index (κ3) is 3.90. The van der Waals surface area contributed by atoms with E-state index in [1.807, 2.05) is 17.0 Å². The van der Waals surface area contributed by atoms with Gasteiger partial charge in [-0.05, 0) is 61.7 Å².